The molecule has 0 spiro atoms. The minimum absolute atomic E-state index is 0.499. The molecule has 2 atom stereocenters. The van der Waals surface area contributed by atoms with Gasteiger partial charge in [0.25, 0.3) is 5.92 Å². The lowest BCUT2D eigenvalue weighted by atomic mass is 9.80. The van der Waals surface area contributed by atoms with Gasteiger partial charge in [-0.3, -0.25) is 9.80 Å². The Morgan fingerprint density at radius 3 is 2.17 bits per heavy atom. The smallest absolute Gasteiger partial charge is 0.258 e. The first kappa shape index (κ1) is 15.3. The zero-order valence-electron chi connectivity index (χ0n) is 13.5. The topological polar surface area (TPSA) is 15.7 Å². The lowest BCUT2D eigenvalue weighted by Gasteiger charge is -2.50. The molecule has 5 heteroatoms. The highest BCUT2D eigenvalue weighted by molar-refractivity contribution is 5.27. The quantitative estimate of drug-likeness (QED) is 0.848. The zero-order valence-corrected chi connectivity index (χ0v) is 13.5. The van der Waals surface area contributed by atoms with Crippen molar-refractivity contribution in [3.05, 3.63) is 29.8 Å². The second-order valence-corrected chi connectivity index (χ2v) is 7.30. The zero-order chi connectivity index (χ0) is 16.0. The Balaban J connectivity index is 1.44. The maximum Gasteiger partial charge on any atom is 0.258 e. The van der Waals surface area contributed by atoms with Gasteiger partial charge in [-0.05, 0) is 30.5 Å². The second-order valence-electron chi connectivity index (χ2n) is 7.30. The number of hydrogen-bond donors (Lipinski definition) is 0. The van der Waals surface area contributed by atoms with E-state index in [-0.39, 0.29) is 0 Å². The van der Waals surface area contributed by atoms with Crippen LogP contribution in [0.5, 0.6) is 5.75 Å². The van der Waals surface area contributed by atoms with Crippen LogP contribution in [0, 0.1) is 11.8 Å². The summed E-state index contributed by atoms with van der Waals surface area (Å²) in [5.41, 5.74) is 1.16. The van der Waals surface area contributed by atoms with Crippen LogP contribution in [0.2, 0.25) is 0 Å². The highest BCUT2D eigenvalue weighted by Gasteiger charge is 2.56. The maximum atomic E-state index is 14.5. The van der Waals surface area contributed by atoms with E-state index in [1.54, 1.807) is 7.11 Å². The normalized spacial score (nSPS) is 31.1. The van der Waals surface area contributed by atoms with E-state index in [9.17, 15) is 8.78 Å². The van der Waals surface area contributed by atoms with Gasteiger partial charge in [-0.15, -0.1) is 0 Å². The molecule has 0 radical (unpaired) electrons. The van der Waals surface area contributed by atoms with E-state index < -0.39 is 17.8 Å². The second kappa shape index (κ2) is 5.71. The number of piperidine rings is 2. The van der Waals surface area contributed by atoms with E-state index in [2.05, 4.69) is 9.80 Å². The Morgan fingerprint density at radius 2 is 1.65 bits per heavy atom. The first-order chi connectivity index (χ1) is 11.1. The molecule has 0 aromatic heterocycles. The van der Waals surface area contributed by atoms with Crippen LogP contribution in [0.15, 0.2) is 24.3 Å². The Hall–Kier alpha value is -1.20. The highest BCUT2D eigenvalue weighted by Crippen LogP contribution is 2.45. The predicted octanol–water partition coefficient (Wildman–Crippen LogP) is 2.86. The maximum absolute atomic E-state index is 14.5. The van der Waals surface area contributed by atoms with Gasteiger partial charge in [0.2, 0.25) is 0 Å². The third-order valence-corrected chi connectivity index (χ3v) is 5.58. The van der Waals surface area contributed by atoms with Crippen LogP contribution in [0.25, 0.3) is 0 Å². The van der Waals surface area contributed by atoms with E-state index in [1.807, 2.05) is 24.3 Å². The van der Waals surface area contributed by atoms with Gasteiger partial charge in [0.05, 0.1) is 7.11 Å². The summed E-state index contributed by atoms with van der Waals surface area (Å²) in [7, 11) is 1.65. The van der Waals surface area contributed by atoms with Crippen LogP contribution < -0.4 is 4.74 Å². The van der Waals surface area contributed by atoms with Crippen molar-refractivity contribution in [2.75, 3.05) is 33.3 Å². The van der Waals surface area contributed by atoms with Gasteiger partial charge < -0.3 is 4.74 Å². The molecule has 3 nitrogen and oxygen atoms in total. The number of ether oxygens (including phenoxy) is 1. The fourth-order valence-corrected chi connectivity index (χ4v) is 4.13. The molecule has 0 unspecified atom stereocenters. The van der Waals surface area contributed by atoms with Gasteiger partial charge in [0.1, 0.15) is 5.75 Å². The number of nitrogens with zero attached hydrogens (tertiary/aromatic N) is 2. The van der Waals surface area contributed by atoms with Gasteiger partial charge in [0.15, 0.2) is 0 Å². The molecule has 0 amide bonds. The largest absolute Gasteiger partial charge is 0.497 e. The van der Waals surface area contributed by atoms with Crippen LogP contribution >= 0.6 is 0 Å². The number of rotatable bonds is 4. The molecule has 3 aliphatic rings. The van der Waals surface area contributed by atoms with Crippen molar-refractivity contribution in [1.82, 2.24) is 9.80 Å². The Bertz CT molecular complexity index is 541. The molecule has 23 heavy (non-hydrogen) atoms. The first-order valence-electron chi connectivity index (χ1n) is 8.53. The minimum atomic E-state index is -2.50. The van der Waals surface area contributed by atoms with Crippen LogP contribution in [0.4, 0.5) is 8.78 Å². The highest BCUT2D eigenvalue weighted by atomic mass is 19.3. The SMILES string of the molecule is COc1ccc(CN2C[C@@H]3CN(C4CC4)C[C@H](C2)C3(F)F)cc1. The molecule has 0 N–H and O–H groups in total. The van der Waals surface area contributed by atoms with Crippen LogP contribution in [-0.4, -0.2) is 55.1 Å². The number of alkyl halides is 2. The molecule has 1 aromatic rings. The number of likely N-dealkylation sites (tertiary alicyclic amines) is 2. The number of fused-ring (bicyclic) bond motifs is 2. The molecule has 126 valence electrons. The molecular formula is C18H24F2N2O. The Morgan fingerprint density at radius 1 is 1.04 bits per heavy atom. The fraction of sp³-hybridized carbons (Fsp3) is 0.667. The van der Waals surface area contributed by atoms with Crippen molar-refractivity contribution in [3.63, 3.8) is 0 Å². The van der Waals surface area contributed by atoms with E-state index >= 15 is 0 Å². The average molecular weight is 322 g/mol. The molecule has 2 heterocycles. The van der Waals surface area contributed by atoms with Crippen molar-refractivity contribution in [2.24, 2.45) is 11.8 Å². The summed E-state index contributed by atoms with van der Waals surface area (Å²) in [4.78, 5) is 4.52. The third-order valence-electron chi connectivity index (χ3n) is 5.58. The van der Waals surface area contributed by atoms with E-state index in [0.29, 0.717) is 32.2 Å². The van der Waals surface area contributed by atoms with Crippen molar-refractivity contribution in [3.8, 4) is 5.75 Å². The molecule has 3 fully saturated rings. The van der Waals surface area contributed by atoms with Crippen molar-refractivity contribution < 1.29 is 13.5 Å². The molecule has 2 aliphatic heterocycles. The van der Waals surface area contributed by atoms with Gasteiger partial charge >= 0.3 is 0 Å². The van der Waals surface area contributed by atoms with Crippen LogP contribution in [0.3, 0.4) is 0 Å². The number of halogens is 2. The monoisotopic (exact) mass is 322 g/mol. The average Bonchev–Trinajstić information content (AvgIpc) is 3.33. The van der Waals surface area contributed by atoms with Gasteiger partial charge in [-0.25, -0.2) is 8.78 Å². The summed E-state index contributed by atoms with van der Waals surface area (Å²) < 4.78 is 34.2. The fourth-order valence-electron chi connectivity index (χ4n) is 4.13. The molecule has 1 aliphatic carbocycles. The van der Waals surface area contributed by atoms with Crippen LogP contribution in [0.1, 0.15) is 18.4 Å². The first-order valence-corrected chi connectivity index (χ1v) is 8.53. The molecule has 4 rings (SSSR count). The summed E-state index contributed by atoms with van der Waals surface area (Å²) in [6.07, 6.45) is 2.39. The van der Waals surface area contributed by atoms with Crippen molar-refractivity contribution in [2.45, 2.75) is 31.4 Å². The van der Waals surface area contributed by atoms with Gasteiger partial charge in [0, 0.05) is 50.6 Å². The van der Waals surface area contributed by atoms with Crippen LogP contribution in [-0.2, 0) is 6.54 Å². The Labute approximate surface area is 136 Å². The minimum Gasteiger partial charge on any atom is -0.497 e. The molecular weight excluding hydrogens is 298 g/mol. The lowest BCUT2D eigenvalue weighted by Crippen LogP contribution is -2.63. The molecule has 2 bridgehead atoms. The molecule has 1 aromatic carbocycles. The third kappa shape index (κ3) is 2.96. The van der Waals surface area contributed by atoms with Gasteiger partial charge in [-0.2, -0.15) is 0 Å². The van der Waals surface area contributed by atoms with Crippen molar-refractivity contribution >= 4 is 0 Å². The summed E-state index contributed by atoms with van der Waals surface area (Å²) in [6.45, 7) is 2.87. The molecule has 1 saturated carbocycles. The number of methoxy groups -OCH3 is 1. The van der Waals surface area contributed by atoms with Crippen molar-refractivity contribution in [1.29, 1.82) is 0 Å². The summed E-state index contributed by atoms with van der Waals surface area (Å²) in [5.74, 6) is -2.71. The summed E-state index contributed by atoms with van der Waals surface area (Å²) >= 11 is 0. The predicted molar refractivity (Wildman–Crippen MR) is 84.8 cm³/mol. The van der Waals surface area contributed by atoms with E-state index in [0.717, 1.165) is 17.9 Å². The molecule has 2 saturated heterocycles. The summed E-state index contributed by atoms with van der Waals surface area (Å²) in [5, 5.41) is 0. The lowest BCUT2D eigenvalue weighted by molar-refractivity contribution is -0.189. The standard InChI is InChI=1S/C18H24F2N2O/c1-23-17-6-2-13(3-7-17)8-21-9-14-11-22(16-4-5-16)12-15(10-21)18(14,19)20/h2-3,6-7,14-16H,4-5,8-12H2,1H3/t14-,15+. The summed E-state index contributed by atoms with van der Waals surface area (Å²) in [6, 6.07) is 8.51. The van der Waals surface area contributed by atoms with E-state index in [4.69, 9.17) is 4.74 Å². The van der Waals surface area contributed by atoms with E-state index in [1.165, 1.54) is 12.8 Å². The van der Waals surface area contributed by atoms with Gasteiger partial charge in [-0.1, -0.05) is 12.1 Å². The Kier molecular flexibility index (Phi) is 3.81. The number of benzene rings is 1. The number of hydrogen-bond acceptors (Lipinski definition) is 3.